The number of hydrogen-bond acceptors (Lipinski definition) is 7. The summed E-state index contributed by atoms with van der Waals surface area (Å²) in [6, 6.07) is 5.12. The van der Waals surface area contributed by atoms with Crippen LogP contribution in [0, 0.1) is 12.7 Å². The number of anilines is 3. The number of nitrogens with zero attached hydrogens (tertiary/aromatic N) is 4. The van der Waals surface area contributed by atoms with E-state index >= 15 is 4.39 Å². The van der Waals surface area contributed by atoms with Gasteiger partial charge in [0.1, 0.15) is 17.3 Å². The van der Waals surface area contributed by atoms with E-state index in [0.717, 1.165) is 36.5 Å². The fraction of sp³-hybridized carbons (Fsp3) is 0.316. The van der Waals surface area contributed by atoms with Crippen LogP contribution >= 0.6 is 0 Å². The lowest BCUT2D eigenvalue weighted by Crippen LogP contribution is -2.22. The maximum Gasteiger partial charge on any atom is 0.229 e. The Morgan fingerprint density at radius 3 is 2.89 bits per heavy atom. The van der Waals surface area contributed by atoms with Gasteiger partial charge >= 0.3 is 0 Å². The molecule has 1 aliphatic heterocycles. The maximum absolute atomic E-state index is 15.4. The average Bonchev–Trinajstić information content (AvgIpc) is 3.12. The molecule has 0 spiro atoms. The van der Waals surface area contributed by atoms with Crippen LogP contribution in [0.4, 0.5) is 21.8 Å². The number of fused-ring (bicyclic) bond motifs is 1. The number of halogens is 1. The third-order valence-corrected chi connectivity index (χ3v) is 4.62. The summed E-state index contributed by atoms with van der Waals surface area (Å²) in [6.45, 7) is 3.44. The van der Waals surface area contributed by atoms with Crippen molar-refractivity contribution < 1.29 is 9.13 Å². The third kappa shape index (κ3) is 3.36. The van der Waals surface area contributed by atoms with E-state index < -0.39 is 5.82 Å². The minimum Gasteiger partial charge on any atom is -0.494 e. The number of aryl methyl sites for hydroxylation is 1. The molecule has 9 heteroatoms. The van der Waals surface area contributed by atoms with Gasteiger partial charge in [0.25, 0.3) is 0 Å². The van der Waals surface area contributed by atoms with E-state index in [4.69, 9.17) is 4.74 Å². The average molecular weight is 383 g/mol. The van der Waals surface area contributed by atoms with Crippen LogP contribution in [-0.2, 0) is 13.0 Å². The zero-order valence-electron chi connectivity index (χ0n) is 16.0. The summed E-state index contributed by atoms with van der Waals surface area (Å²) in [7, 11) is 3.28. The van der Waals surface area contributed by atoms with Crippen molar-refractivity contribution in [1.82, 2.24) is 25.1 Å². The lowest BCUT2D eigenvalue weighted by atomic mass is 10.1. The van der Waals surface area contributed by atoms with Crippen molar-refractivity contribution in [3.8, 4) is 11.4 Å². The van der Waals surface area contributed by atoms with Gasteiger partial charge in [-0.1, -0.05) is 0 Å². The Morgan fingerprint density at radius 1 is 1.29 bits per heavy atom. The van der Waals surface area contributed by atoms with Crippen molar-refractivity contribution in [1.29, 1.82) is 0 Å². The van der Waals surface area contributed by atoms with Crippen LogP contribution in [0.25, 0.3) is 5.69 Å². The first-order chi connectivity index (χ1) is 13.6. The van der Waals surface area contributed by atoms with Gasteiger partial charge in [-0.15, -0.1) is 0 Å². The second-order valence-corrected chi connectivity index (χ2v) is 6.54. The van der Waals surface area contributed by atoms with E-state index in [2.05, 4.69) is 31.0 Å². The molecule has 0 unspecified atom stereocenters. The number of rotatable bonds is 5. The number of aromatic nitrogens is 4. The van der Waals surface area contributed by atoms with Gasteiger partial charge in [-0.05, 0) is 19.1 Å². The van der Waals surface area contributed by atoms with Gasteiger partial charge in [0, 0.05) is 50.1 Å². The topological polar surface area (TPSA) is 88.9 Å². The summed E-state index contributed by atoms with van der Waals surface area (Å²) in [5.74, 6) is 0.875. The molecule has 3 heterocycles. The number of hydrogen-bond donors (Lipinski definition) is 3. The van der Waals surface area contributed by atoms with Crippen LogP contribution < -0.4 is 20.7 Å². The van der Waals surface area contributed by atoms with Gasteiger partial charge in [0.15, 0.2) is 5.82 Å². The Morgan fingerprint density at radius 2 is 2.14 bits per heavy atom. The molecule has 0 amide bonds. The minimum absolute atomic E-state index is 0.245. The molecule has 0 fully saturated rings. The molecular formula is C19H22FN7O. The molecule has 0 atom stereocenters. The highest BCUT2D eigenvalue weighted by molar-refractivity contribution is 5.64. The monoisotopic (exact) mass is 383 g/mol. The Hall–Kier alpha value is -3.20. The molecule has 4 rings (SSSR count). The minimum atomic E-state index is -0.483. The summed E-state index contributed by atoms with van der Waals surface area (Å²) < 4.78 is 22.4. The van der Waals surface area contributed by atoms with Gasteiger partial charge in [-0.3, -0.25) is 0 Å². The molecule has 3 aromatic rings. The van der Waals surface area contributed by atoms with Crippen LogP contribution in [0.2, 0.25) is 0 Å². The molecule has 0 radical (unpaired) electrons. The van der Waals surface area contributed by atoms with Crippen molar-refractivity contribution >= 4 is 17.5 Å². The van der Waals surface area contributed by atoms with Crippen molar-refractivity contribution in [2.24, 2.45) is 0 Å². The van der Waals surface area contributed by atoms with Crippen LogP contribution in [-0.4, -0.2) is 40.5 Å². The van der Waals surface area contributed by atoms with E-state index in [9.17, 15) is 0 Å². The third-order valence-electron chi connectivity index (χ3n) is 4.62. The smallest absolute Gasteiger partial charge is 0.229 e. The van der Waals surface area contributed by atoms with Crippen molar-refractivity contribution in [3.05, 3.63) is 47.2 Å². The Balaban J connectivity index is 1.75. The normalized spacial score (nSPS) is 13.1. The fourth-order valence-electron chi connectivity index (χ4n) is 3.24. The maximum atomic E-state index is 15.4. The molecule has 0 saturated heterocycles. The standard InChI is InChI=1S/C19H22FN7O/c1-11-8-16(21-2)25-19(23-11)24-14-4-5-15(28-3)18(17(14)20)27-10-12-9-22-7-6-13(12)26-27/h4-5,8,10,22H,6-7,9H2,1-3H3,(H2,21,23,24,25). The summed E-state index contributed by atoms with van der Waals surface area (Å²) in [6.07, 6.45) is 2.66. The van der Waals surface area contributed by atoms with Crippen LogP contribution in [0.1, 0.15) is 17.0 Å². The molecule has 3 N–H and O–H groups in total. The van der Waals surface area contributed by atoms with Crippen LogP contribution in [0.5, 0.6) is 5.75 Å². The molecule has 1 aliphatic rings. The summed E-state index contributed by atoms with van der Waals surface area (Å²) >= 11 is 0. The van der Waals surface area contributed by atoms with E-state index in [1.54, 1.807) is 23.9 Å². The molecular weight excluding hydrogens is 361 g/mol. The molecule has 2 aromatic heterocycles. The largest absolute Gasteiger partial charge is 0.494 e. The molecule has 146 valence electrons. The van der Waals surface area contributed by atoms with Gasteiger partial charge in [0.2, 0.25) is 5.95 Å². The lowest BCUT2D eigenvalue weighted by molar-refractivity contribution is 0.407. The number of nitrogens with one attached hydrogen (secondary N) is 3. The number of benzene rings is 1. The zero-order valence-corrected chi connectivity index (χ0v) is 16.0. The Kier molecular flexibility index (Phi) is 4.82. The van der Waals surface area contributed by atoms with Crippen molar-refractivity contribution in [2.75, 3.05) is 31.3 Å². The highest BCUT2D eigenvalue weighted by atomic mass is 19.1. The molecule has 0 saturated carbocycles. The molecule has 0 bridgehead atoms. The molecule has 8 nitrogen and oxygen atoms in total. The van der Waals surface area contributed by atoms with E-state index in [-0.39, 0.29) is 11.4 Å². The molecule has 28 heavy (non-hydrogen) atoms. The van der Waals surface area contributed by atoms with Crippen molar-refractivity contribution in [2.45, 2.75) is 19.9 Å². The highest BCUT2D eigenvalue weighted by Gasteiger charge is 2.21. The first kappa shape index (κ1) is 18.2. The Bertz CT molecular complexity index is 994. The quantitative estimate of drug-likeness (QED) is 0.624. The second-order valence-electron chi connectivity index (χ2n) is 6.54. The predicted octanol–water partition coefficient (Wildman–Crippen LogP) is 2.55. The Labute approximate surface area is 162 Å². The number of methoxy groups -OCH3 is 1. The number of ether oxygens (including phenoxy) is 1. The fourth-order valence-corrected chi connectivity index (χ4v) is 3.24. The summed E-state index contributed by atoms with van der Waals surface area (Å²) in [5, 5.41) is 13.8. The van der Waals surface area contributed by atoms with E-state index in [1.807, 2.05) is 19.2 Å². The first-order valence-electron chi connectivity index (χ1n) is 9.04. The zero-order chi connectivity index (χ0) is 19.7. The van der Waals surface area contributed by atoms with Gasteiger partial charge in [0.05, 0.1) is 18.5 Å². The highest BCUT2D eigenvalue weighted by Crippen LogP contribution is 2.32. The lowest BCUT2D eigenvalue weighted by Gasteiger charge is -2.14. The summed E-state index contributed by atoms with van der Waals surface area (Å²) in [4.78, 5) is 8.65. The van der Waals surface area contributed by atoms with Gasteiger partial charge in [-0.2, -0.15) is 10.1 Å². The van der Waals surface area contributed by atoms with E-state index in [1.165, 1.54) is 7.11 Å². The van der Waals surface area contributed by atoms with E-state index in [0.29, 0.717) is 17.5 Å². The molecule has 0 aliphatic carbocycles. The predicted molar refractivity (Wildman–Crippen MR) is 105 cm³/mol. The first-order valence-corrected chi connectivity index (χ1v) is 9.04. The van der Waals surface area contributed by atoms with Crippen LogP contribution in [0.3, 0.4) is 0 Å². The van der Waals surface area contributed by atoms with Gasteiger partial charge < -0.3 is 20.7 Å². The van der Waals surface area contributed by atoms with Gasteiger partial charge in [-0.25, -0.2) is 14.1 Å². The second kappa shape index (κ2) is 7.43. The summed E-state index contributed by atoms with van der Waals surface area (Å²) in [5.41, 5.74) is 3.30. The molecule has 1 aromatic carbocycles. The van der Waals surface area contributed by atoms with Crippen molar-refractivity contribution in [3.63, 3.8) is 0 Å². The van der Waals surface area contributed by atoms with Crippen LogP contribution in [0.15, 0.2) is 24.4 Å². The SMILES string of the molecule is CNc1cc(C)nc(Nc2ccc(OC)c(-n3cc4c(n3)CCNC4)c2F)n1.